The maximum Gasteiger partial charge on any atom is 0.303 e. The summed E-state index contributed by atoms with van der Waals surface area (Å²) in [5.74, 6) is -2.75. The highest BCUT2D eigenvalue weighted by Gasteiger charge is 2.56. The molecule has 0 unspecified atom stereocenters. The second-order valence-electron chi connectivity index (χ2n) is 5.57. The number of ether oxygens (including phenoxy) is 5. The molecule has 0 radical (unpaired) electrons. The van der Waals surface area contributed by atoms with E-state index < -0.39 is 60.4 Å². The summed E-state index contributed by atoms with van der Waals surface area (Å²) < 4.78 is 26.0. The smallest absolute Gasteiger partial charge is 0.303 e. The van der Waals surface area contributed by atoms with E-state index in [1.165, 1.54) is 14.0 Å². The molecular formula is C15H23NO9. The van der Waals surface area contributed by atoms with Crippen LogP contribution in [0.15, 0.2) is 0 Å². The van der Waals surface area contributed by atoms with Gasteiger partial charge in [0.05, 0.1) is 6.04 Å². The average molecular weight is 361 g/mol. The fraction of sp³-hybridized carbons (Fsp3) is 0.733. The number of esters is 4. The van der Waals surface area contributed by atoms with Crippen molar-refractivity contribution in [2.45, 2.75) is 64.3 Å². The van der Waals surface area contributed by atoms with Crippen LogP contribution in [0.3, 0.4) is 0 Å². The summed E-state index contributed by atoms with van der Waals surface area (Å²) in [5, 5.41) is 0. The van der Waals surface area contributed by atoms with Crippen molar-refractivity contribution >= 4 is 23.9 Å². The molecule has 142 valence electrons. The first-order valence-electron chi connectivity index (χ1n) is 7.55. The van der Waals surface area contributed by atoms with Gasteiger partial charge in [0.15, 0.2) is 24.4 Å². The van der Waals surface area contributed by atoms with Crippen molar-refractivity contribution < 1.29 is 42.9 Å². The van der Waals surface area contributed by atoms with Crippen LogP contribution >= 0.6 is 0 Å². The van der Waals surface area contributed by atoms with E-state index in [1.54, 1.807) is 0 Å². The Bertz CT molecular complexity index is 535. The van der Waals surface area contributed by atoms with E-state index in [2.05, 4.69) is 0 Å². The maximum absolute atomic E-state index is 11.5. The summed E-state index contributed by atoms with van der Waals surface area (Å²) in [6.45, 7) is 4.59. The number of hydrogen-bond donors (Lipinski definition) is 1. The Morgan fingerprint density at radius 3 is 1.20 bits per heavy atom. The van der Waals surface area contributed by atoms with Crippen LogP contribution in [0.4, 0.5) is 0 Å². The molecule has 0 aromatic rings. The quantitative estimate of drug-likeness (QED) is 0.482. The zero-order chi connectivity index (χ0) is 19.3. The molecule has 10 heteroatoms. The fourth-order valence-electron chi connectivity index (χ4n) is 2.78. The van der Waals surface area contributed by atoms with E-state index in [4.69, 9.17) is 29.4 Å². The molecule has 1 fully saturated rings. The molecule has 0 bridgehead atoms. The van der Waals surface area contributed by atoms with Crippen LogP contribution in [-0.2, 0) is 42.9 Å². The first-order valence-corrected chi connectivity index (χ1v) is 7.55. The molecule has 2 N–H and O–H groups in total. The molecule has 0 amide bonds. The minimum absolute atomic E-state index is 0.656. The normalized spacial score (nSPS) is 31.6. The molecule has 0 saturated heterocycles. The second-order valence-corrected chi connectivity index (χ2v) is 5.57. The molecule has 10 nitrogen and oxygen atoms in total. The van der Waals surface area contributed by atoms with Crippen molar-refractivity contribution in [2.24, 2.45) is 5.73 Å². The van der Waals surface area contributed by atoms with Crippen LogP contribution < -0.4 is 5.73 Å². The topological polar surface area (TPSA) is 140 Å². The number of rotatable bonds is 5. The Hall–Kier alpha value is -2.20. The minimum Gasteiger partial charge on any atom is -0.458 e. The summed E-state index contributed by atoms with van der Waals surface area (Å²) in [4.78, 5) is 45.8. The zero-order valence-corrected chi connectivity index (χ0v) is 14.7. The van der Waals surface area contributed by atoms with E-state index in [1.807, 2.05) is 0 Å². The molecular weight excluding hydrogens is 338 g/mol. The highest BCUT2D eigenvalue weighted by molar-refractivity contribution is 5.69. The Labute approximate surface area is 144 Å². The van der Waals surface area contributed by atoms with Gasteiger partial charge in [0, 0.05) is 34.8 Å². The number of methoxy groups -OCH3 is 1. The highest BCUT2D eigenvalue weighted by atomic mass is 16.6. The molecule has 0 aromatic carbocycles. The van der Waals surface area contributed by atoms with Gasteiger partial charge in [0.2, 0.25) is 0 Å². The van der Waals surface area contributed by atoms with Crippen LogP contribution in [0.25, 0.3) is 0 Å². The van der Waals surface area contributed by atoms with Crippen molar-refractivity contribution in [2.75, 3.05) is 7.11 Å². The Balaban J connectivity index is 3.34. The van der Waals surface area contributed by atoms with Crippen LogP contribution in [0, 0.1) is 0 Å². The van der Waals surface area contributed by atoms with E-state index in [0.717, 1.165) is 20.8 Å². The van der Waals surface area contributed by atoms with Gasteiger partial charge in [-0.3, -0.25) is 19.2 Å². The van der Waals surface area contributed by atoms with Crippen molar-refractivity contribution in [1.29, 1.82) is 0 Å². The Morgan fingerprint density at radius 2 is 0.880 bits per heavy atom. The summed E-state index contributed by atoms with van der Waals surface area (Å²) in [5.41, 5.74) is 6.08. The average Bonchev–Trinajstić information content (AvgIpc) is 2.46. The van der Waals surface area contributed by atoms with Gasteiger partial charge in [-0.05, 0) is 0 Å². The maximum atomic E-state index is 11.5. The van der Waals surface area contributed by atoms with Gasteiger partial charge in [-0.2, -0.15) is 0 Å². The molecule has 1 rings (SSSR count). The van der Waals surface area contributed by atoms with Crippen LogP contribution in [0.5, 0.6) is 0 Å². The standard InChI is InChI=1S/C15H23NO9/c1-6(17)22-11-10(16)12(23-7(2)18)14(24-8(3)19)15(13(11)21-5)25-9(4)20/h10-15H,16H2,1-5H3/t10-,11-,12-,13-,14+,15+/m1/s1. The summed E-state index contributed by atoms with van der Waals surface area (Å²) >= 11 is 0. The zero-order valence-electron chi connectivity index (χ0n) is 14.7. The van der Waals surface area contributed by atoms with Crippen LogP contribution in [-0.4, -0.2) is 67.5 Å². The lowest BCUT2D eigenvalue weighted by Gasteiger charge is -2.46. The van der Waals surface area contributed by atoms with Crippen molar-refractivity contribution in [3.8, 4) is 0 Å². The van der Waals surface area contributed by atoms with E-state index >= 15 is 0 Å². The molecule has 1 aliphatic carbocycles. The largest absolute Gasteiger partial charge is 0.458 e. The molecule has 6 atom stereocenters. The van der Waals surface area contributed by atoms with Gasteiger partial charge in [-0.15, -0.1) is 0 Å². The number of carbonyl (C=O) groups is 4. The highest BCUT2D eigenvalue weighted by Crippen LogP contribution is 2.31. The van der Waals surface area contributed by atoms with Crippen molar-refractivity contribution in [3.63, 3.8) is 0 Å². The van der Waals surface area contributed by atoms with Gasteiger partial charge >= 0.3 is 23.9 Å². The minimum atomic E-state index is -1.22. The lowest BCUT2D eigenvalue weighted by Crippen LogP contribution is -2.70. The molecule has 25 heavy (non-hydrogen) atoms. The monoisotopic (exact) mass is 361 g/mol. The van der Waals surface area contributed by atoms with Gasteiger partial charge in [-0.1, -0.05) is 0 Å². The van der Waals surface area contributed by atoms with Crippen LogP contribution in [0.1, 0.15) is 27.7 Å². The Morgan fingerprint density at radius 1 is 0.600 bits per heavy atom. The fourth-order valence-corrected chi connectivity index (χ4v) is 2.78. The van der Waals surface area contributed by atoms with E-state index in [-0.39, 0.29) is 0 Å². The molecule has 0 heterocycles. The number of carbonyl (C=O) groups excluding carboxylic acids is 4. The lowest BCUT2D eigenvalue weighted by atomic mass is 9.82. The summed E-state index contributed by atoms with van der Waals surface area (Å²) in [6, 6.07) is -1.08. The first kappa shape index (κ1) is 20.8. The molecule has 0 aliphatic heterocycles. The third-order valence-electron chi connectivity index (χ3n) is 3.53. The molecule has 0 spiro atoms. The molecule has 1 aliphatic rings. The van der Waals surface area contributed by atoms with Gasteiger partial charge in [0.1, 0.15) is 6.10 Å². The molecule has 1 saturated carbocycles. The lowest BCUT2D eigenvalue weighted by molar-refractivity contribution is -0.232. The molecule has 0 aromatic heterocycles. The van der Waals surface area contributed by atoms with Gasteiger partial charge in [0.25, 0.3) is 0 Å². The number of nitrogens with two attached hydrogens (primary N) is 1. The van der Waals surface area contributed by atoms with Crippen molar-refractivity contribution in [3.05, 3.63) is 0 Å². The predicted molar refractivity (Wildman–Crippen MR) is 81.0 cm³/mol. The van der Waals surface area contributed by atoms with Crippen LogP contribution in [0.2, 0.25) is 0 Å². The predicted octanol–water partition coefficient (Wildman–Crippen LogP) is -0.931. The number of hydrogen-bond acceptors (Lipinski definition) is 10. The van der Waals surface area contributed by atoms with Gasteiger partial charge < -0.3 is 29.4 Å². The summed E-state index contributed by atoms with van der Waals surface area (Å²) in [7, 11) is 1.29. The third kappa shape index (κ3) is 5.40. The van der Waals surface area contributed by atoms with E-state index in [9.17, 15) is 19.2 Å². The third-order valence-corrected chi connectivity index (χ3v) is 3.53. The van der Waals surface area contributed by atoms with E-state index in [0.29, 0.717) is 0 Å². The van der Waals surface area contributed by atoms with Crippen molar-refractivity contribution in [1.82, 2.24) is 0 Å². The summed E-state index contributed by atoms with van der Waals surface area (Å²) in [6.07, 6.45) is -5.75. The van der Waals surface area contributed by atoms with Gasteiger partial charge in [-0.25, -0.2) is 0 Å². The first-order chi connectivity index (χ1) is 11.6. The SMILES string of the molecule is CO[C@H]1[C@H](OC(C)=O)[C@@H](OC(C)=O)[C@H](OC(C)=O)[C@H](N)[C@H]1OC(C)=O. The second kappa shape index (κ2) is 8.77. The Kier molecular flexibility index (Phi) is 7.31.